The maximum atomic E-state index is 12.4. The van der Waals surface area contributed by atoms with Gasteiger partial charge in [-0.05, 0) is 24.4 Å². The maximum absolute atomic E-state index is 12.4. The lowest BCUT2D eigenvalue weighted by Gasteiger charge is -2.06. The van der Waals surface area contributed by atoms with E-state index >= 15 is 0 Å². The van der Waals surface area contributed by atoms with Gasteiger partial charge in [-0.3, -0.25) is 14.0 Å². The molecule has 0 aliphatic carbocycles. The summed E-state index contributed by atoms with van der Waals surface area (Å²) in [6.45, 7) is 0. The number of fused-ring (bicyclic) bond motifs is 1. The number of hydrogen-bond donors (Lipinski definition) is 1. The van der Waals surface area contributed by atoms with Crippen LogP contribution in [0.25, 0.3) is 16.7 Å². The van der Waals surface area contributed by atoms with Crippen molar-refractivity contribution >= 4 is 23.3 Å². The second kappa shape index (κ2) is 3.92. The van der Waals surface area contributed by atoms with E-state index in [2.05, 4.69) is 10.1 Å². The lowest BCUT2D eigenvalue weighted by molar-refractivity contribution is 0.781. The largest absolute Gasteiger partial charge is 0.316 e. The molecule has 0 saturated heterocycles. The van der Waals surface area contributed by atoms with Crippen molar-refractivity contribution in [2.24, 2.45) is 7.05 Å². The highest BCUT2D eigenvalue weighted by atomic mass is 32.1. The van der Waals surface area contributed by atoms with Crippen LogP contribution < -0.4 is 5.56 Å². The van der Waals surface area contributed by atoms with Crippen molar-refractivity contribution in [3.05, 3.63) is 51.7 Å². The highest BCUT2D eigenvalue weighted by molar-refractivity contribution is 7.71. The lowest BCUT2D eigenvalue weighted by Crippen LogP contribution is -2.20. The van der Waals surface area contributed by atoms with Gasteiger partial charge in [-0.25, -0.2) is 0 Å². The number of aromatic nitrogens is 4. The molecule has 0 aliphatic heterocycles. The lowest BCUT2D eigenvalue weighted by atomic mass is 10.3. The predicted molar refractivity (Wildman–Crippen MR) is 71.5 cm³/mol. The van der Waals surface area contributed by atoms with E-state index in [0.29, 0.717) is 15.8 Å². The molecule has 1 aromatic carbocycles. The molecule has 0 saturated carbocycles. The van der Waals surface area contributed by atoms with Gasteiger partial charge < -0.3 is 4.98 Å². The molecule has 3 aromatic rings. The molecular weight excluding hydrogens is 248 g/mol. The fourth-order valence-corrected chi connectivity index (χ4v) is 2.21. The SMILES string of the molecule is Cn1ncc2c(=O)n(-c3ccccc3)c(=S)[nH]c21. The molecule has 0 fully saturated rings. The summed E-state index contributed by atoms with van der Waals surface area (Å²) in [6, 6.07) is 9.30. The molecule has 0 radical (unpaired) electrons. The molecule has 0 atom stereocenters. The van der Waals surface area contributed by atoms with Crippen LogP contribution in [0.15, 0.2) is 41.3 Å². The number of H-pyrrole nitrogens is 1. The molecule has 2 aromatic heterocycles. The molecule has 18 heavy (non-hydrogen) atoms. The van der Waals surface area contributed by atoms with Crippen molar-refractivity contribution in [3.8, 4) is 5.69 Å². The highest BCUT2D eigenvalue weighted by Crippen LogP contribution is 2.09. The van der Waals surface area contributed by atoms with Crippen molar-refractivity contribution < 1.29 is 0 Å². The van der Waals surface area contributed by atoms with E-state index in [4.69, 9.17) is 12.2 Å². The van der Waals surface area contributed by atoms with Crippen molar-refractivity contribution in [3.63, 3.8) is 0 Å². The molecule has 0 aliphatic rings. The summed E-state index contributed by atoms with van der Waals surface area (Å²) < 4.78 is 3.43. The average Bonchev–Trinajstić information content (AvgIpc) is 2.73. The third-order valence-corrected chi connectivity index (χ3v) is 3.10. The van der Waals surface area contributed by atoms with Gasteiger partial charge in [0.25, 0.3) is 5.56 Å². The Morgan fingerprint density at radius 1 is 1.28 bits per heavy atom. The number of aryl methyl sites for hydroxylation is 1. The minimum atomic E-state index is -0.159. The fraction of sp³-hybridized carbons (Fsp3) is 0.0833. The molecule has 0 spiro atoms. The fourth-order valence-electron chi connectivity index (χ4n) is 1.92. The van der Waals surface area contributed by atoms with Crippen LogP contribution in [0.2, 0.25) is 0 Å². The number of aromatic amines is 1. The molecule has 0 bridgehead atoms. The summed E-state index contributed by atoms with van der Waals surface area (Å²) in [4.78, 5) is 15.4. The van der Waals surface area contributed by atoms with E-state index in [-0.39, 0.29) is 5.56 Å². The number of para-hydroxylation sites is 1. The van der Waals surface area contributed by atoms with Gasteiger partial charge in [0.15, 0.2) is 4.77 Å². The maximum Gasteiger partial charge on any atom is 0.270 e. The Kier molecular flexibility index (Phi) is 2.38. The Bertz CT molecular complexity index is 829. The van der Waals surface area contributed by atoms with Crippen LogP contribution in [0.1, 0.15) is 0 Å². The van der Waals surface area contributed by atoms with Crippen LogP contribution in [0, 0.1) is 4.77 Å². The van der Waals surface area contributed by atoms with Gasteiger partial charge in [-0.15, -0.1) is 0 Å². The highest BCUT2D eigenvalue weighted by Gasteiger charge is 2.09. The minimum absolute atomic E-state index is 0.159. The van der Waals surface area contributed by atoms with Gasteiger partial charge in [0, 0.05) is 7.05 Å². The summed E-state index contributed by atoms with van der Waals surface area (Å²) in [6.07, 6.45) is 1.54. The summed E-state index contributed by atoms with van der Waals surface area (Å²) in [5, 5.41) is 4.58. The standard InChI is InChI=1S/C12H10N4OS/c1-15-10-9(7-13-15)11(17)16(12(18)14-10)8-5-3-2-4-6-8/h2-7H,1H3,(H,14,18). The van der Waals surface area contributed by atoms with Gasteiger partial charge >= 0.3 is 0 Å². The molecule has 1 N–H and O–H groups in total. The van der Waals surface area contributed by atoms with Crippen molar-refractivity contribution in [2.45, 2.75) is 0 Å². The molecule has 5 nitrogen and oxygen atoms in total. The summed E-state index contributed by atoms with van der Waals surface area (Å²) >= 11 is 5.24. The molecule has 90 valence electrons. The quantitative estimate of drug-likeness (QED) is 0.677. The van der Waals surface area contributed by atoms with Crippen LogP contribution in [0.4, 0.5) is 0 Å². The number of benzene rings is 1. The van der Waals surface area contributed by atoms with Crippen molar-refractivity contribution in [1.82, 2.24) is 19.3 Å². The van der Waals surface area contributed by atoms with Crippen LogP contribution in [0.3, 0.4) is 0 Å². The smallest absolute Gasteiger partial charge is 0.270 e. The second-order valence-electron chi connectivity index (χ2n) is 3.94. The molecule has 0 amide bonds. The van der Waals surface area contributed by atoms with Gasteiger partial charge in [-0.2, -0.15) is 5.10 Å². The van der Waals surface area contributed by atoms with Crippen LogP contribution in [-0.2, 0) is 7.05 Å². The summed E-state index contributed by atoms with van der Waals surface area (Å²) in [7, 11) is 1.76. The van der Waals surface area contributed by atoms with Crippen LogP contribution in [-0.4, -0.2) is 19.3 Å². The van der Waals surface area contributed by atoms with E-state index in [9.17, 15) is 4.79 Å². The van der Waals surface area contributed by atoms with Gasteiger partial charge in [0.1, 0.15) is 11.0 Å². The average molecular weight is 258 g/mol. The van der Waals surface area contributed by atoms with Crippen molar-refractivity contribution in [2.75, 3.05) is 0 Å². The number of nitrogens with zero attached hydrogens (tertiary/aromatic N) is 3. The first kappa shape index (κ1) is 10.9. The van der Waals surface area contributed by atoms with Gasteiger partial charge in [0.2, 0.25) is 0 Å². The van der Waals surface area contributed by atoms with Crippen molar-refractivity contribution in [1.29, 1.82) is 0 Å². The summed E-state index contributed by atoms with van der Waals surface area (Å²) in [5.74, 6) is 0. The number of rotatable bonds is 1. The van der Waals surface area contributed by atoms with Gasteiger partial charge in [0.05, 0.1) is 11.9 Å². The predicted octanol–water partition coefficient (Wildman–Crippen LogP) is 1.78. The first-order chi connectivity index (χ1) is 8.68. The topological polar surface area (TPSA) is 55.6 Å². The summed E-state index contributed by atoms with van der Waals surface area (Å²) in [5.41, 5.74) is 1.22. The first-order valence-corrected chi connectivity index (χ1v) is 5.82. The van der Waals surface area contributed by atoms with Crippen LogP contribution >= 0.6 is 12.2 Å². The third kappa shape index (κ3) is 1.50. The molecule has 2 heterocycles. The zero-order chi connectivity index (χ0) is 12.7. The van der Waals surface area contributed by atoms with E-state index in [1.54, 1.807) is 17.9 Å². The number of nitrogens with one attached hydrogen (secondary N) is 1. The minimum Gasteiger partial charge on any atom is -0.316 e. The Morgan fingerprint density at radius 2 is 2.00 bits per heavy atom. The van der Waals surface area contributed by atoms with E-state index in [1.165, 1.54) is 4.57 Å². The Labute approximate surface area is 107 Å². The zero-order valence-electron chi connectivity index (χ0n) is 9.62. The second-order valence-corrected chi connectivity index (χ2v) is 4.32. The molecular formula is C12H10N4OS. The first-order valence-electron chi connectivity index (χ1n) is 5.41. The van der Waals surface area contributed by atoms with E-state index in [0.717, 1.165) is 5.69 Å². The number of hydrogen-bond acceptors (Lipinski definition) is 3. The molecule has 0 unspecified atom stereocenters. The monoisotopic (exact) mass is 258 g/mol. The van der Waals surface area contributed by atoms with Gasteiger partial charge in [-0.1, -0.05) is 18.2 Å². The Balaban J connectivity index is 2.45. The Hall–Kier alpha value is -2.21. The third-order valence-electron chi connectivity index (χ3n) is 2.82. The molecule has 3 rings (SSSR count). The van der Waals surface area contributed by atoms with Crippen LogP contribution in [0.5, 0.6) is 0 Å². The zero-order valence-corrected chi connectivity index (χ0v) is 10.4. The molecule has 6 heteroatoms. The normalized spacial score (nSPS) is 10.9. The Morgan fingerprint density at radius 3 is 2.72 bits per heavy atom. The van der Waals surface area contributed by atoms with E-state index < -0.39 is 0 Å². The van der Waals surface area contributed by atoms with E-state index in [1.807, 2.05) is 30.3 Å².